The van der Waals surface area contributed by atoms with E-state index >= 15 is 0 Å². The van der Waals surface area contributed by atoms with Gasteiger partial charge in [-0.05, 0) is 6.92 Å². The van der Waals surface area contributed by atoms with Crippen molar-refractivity contribution < 1.29 is 14.3 Å². The number of carbonyl (C=O) groups is 2. The fraction of sp³-hybridized carbons (Fsp3) is 0.500. The SMILES string of the molecule is COC(=O)c1nc(C)cc(N2CCC(=O)CC2)n1. The minimum absolute atomic E-state index is 0.0596. The Morgan fingerprint density at radius 1 is 1.33 bits per heavy atom. The van der Waals surface area contributed by atoms with Crippen LogP contribution in [0.1, 0.15) is 29.2 Å². The zero-order valence-corrected chi connectivity index (χ0v) is 10.5. The zero-order valence-electron chi connectivity index (χ0n) is 10.5. The summed E-state index contributed by atoms with van der Waals surface area (Å²) in [5.41, 5.74) is 0.706. The van der Waals surface area contributed by atoms with Gasteiger partial charge in [-0.1, -0.05) is 0 Å². The van der Waals surface area contributed by atoms with Crippen LogP contribution in [0.3, 0.4) is 0 Å². The van der Waals surface area contributed by atoms with E-state index in [4.69, 9.17) is 0 Å². The molecule has 1 saturated heterocycles. The summed E-state index contributed by atoms with van der Waals surface area (Å²) < 4.78 is 4.61. The van der Waals surface area contributed by atoms with Gasteiger partial charge in [0, 0.05) is 37.7 Å². The van der Waals surface area contributed by atoms with Crippen molar-refractivity contribution >= 4 is 17.6 Å². The van der Waals surface area contributed by atoms with E-state index < -0.39 is 5.97 Å². The van der Waals surface area contributed by atoms with Gasteiger partial charge in [0.25, 0.3) is 0 Å². The molecule has 2 rings (SSSR count). The first-order valence-corrected chi connectivity index (χ1v) is 5.81. The predicted molar refractivity (Wildman–Crippen MR) is 64.6 cm³/mol. The summed E-state index contributed by atoms with van der Waals surface area (Å²) in [6.45, 7) is 3.07. The molecule has 6 heteroatoms. The first-order chi connectivity index (χ1) is 8.60. The van der Waals surface area contributed by atoms with E-state index in [0.29, 0.717) is 37.4 Å². The monoisotopic (exact) mass is 249 g/mol. The highest BCUT2D eigenvalue weighted by Gasteiger charge is 2.20. The molecule has 2 heterocycles. The lowest BCUT2D eigenvalue weighted by atomic mass is 10.1. The molecule has 0 N–H and O–H groups in total. The molecule has 0 bridgehead atoms. The van der Waals surface area contributed by atoms with Gasteiger partial charge in [0.1, 0.15) is 11.6 Å². The molecule has 6 nitrogen and oxygen atoms in total. The number of rotatable bonds is 2. The largest absolute Gasteiger partial charge is 0.463 e. The maximum atomic E-state index is 11.4. The molecule has 0 radical (unpaired) electrons. The van der Waals surface area contributed by atoms with Crippen molar-refractivity contribution in [3.63, 3.8) is 0 Å². The molecule has 0 atom stereocenters. The molecule has 96 valence electrons. The Balaban J connectivity index is 2.25. The van der Waals surface area contributed by atoms with Gasteiger partial charge >= 0.3 is 5.97 Å². The number of anilines is 1. The summed E-state index contributed by atoms with van der Waals surface area (Å²) in [4.78, 5) is 32.8. The highest BCUT2D eigenvalue weighted by molar-refractivity contribution is 5.85. The maximum Gasteiger partial charge on any atom is 0.376 e. The minimum Gasteiger partial charge on any atom is -0.463 e. The van der Waals surface area contributed by atoms with E-state index in [1.807, 2.05) is 11.0 Å². The van der Waals surface area contributed by atoms with Gasteiger partial charge in [-0.15, -0.1) is 0 Å². The van der Waals surface area contributed by atoms with E-state index in [-0.39, 0.29) is 11.6 Å². The van der Waals surface area contributed by atoms with E-state index in [1.54, 1.807) is 6.92 Å². The minimum atomic E-state index is -0.548. The van der Waals surface area contributed by atoms with Crippen LogP contribution in [-0.2, 0) is 9.53 Å². The highest BCUT2D eigenvalue weighted by Crippen LogP contribution is 2.17. The van der Waals surface area contributed by atoms with Gasteiger partial charge in [0.15, 0.2) is 0 Å². The van der Waals surface area contributed by atoms with Crippen LogP contribution in [-0.4, -0.2) is 41.9 Å². The molecule has 0 unspecified atom stereocenters. The van der Waals surface area contributed by atoms with E-state index in [1.165, 1.54) is 7.11 Å². The Kier molecular flexibility index (Phi) is 3.55. The molecule has 0 saturated carbocycles. The molecule has 0 amide bonds. The number of piperidine rings is 1. The van der Waals surface area contributed by atoms with Gasteiger partial charge < -0.3 is 9.64 Å². The van der Waals surface area contributed by atoms with Crippen molar-refractivity contribution in [3.8, 4) is 0 Å². The van der Waals surface area contributed by atoms with Crippen molar-refractivity contribution in [2.45, 2.75) is 19.8 Å². The summed E-state index contributed by atoms with van der Waals surface area (Å²) in [5.74, 6) is 0.457. The van der Waals surface area contributed by atoms with Crippen LogP contribution in [0.25, 0.3) is 0 Å². The first kappa shape index (κ1) is 12.5. The number of nitrogens with zero attached hydrogens (tertiary/aromatic N) is 3. The quantitative estimate of drug-likeness (QED) is 0.720. The van der Waals surface area contributed by atoms with Gasteiger partial charge in [-0.25, -0.2) is 14.8 Å². The van der Waals surface area contributed by atoms with Crippen LogP contribution in [0.5, 0.6) is 0 Å². The second-order valence-corrected chi connectivity index (χ2v) is 4.21. The Hall–Kier alpha value is -1.98. The molecule has 0 spiro atoms. The maximum absolute atomic E-state index is 11.4. The molecule has 0 aromatic carbocycles. The second kappa shape index (κ2) is 5.12. The van der Waals surface area contributed by atoms with Gasteiger partial charge in [-0.3, -0.25) is 4.79 Å². The third kappa shape index (κ3) is 2.64. The summed E-state index contributed by atoms with van der Waals surface area (Å²) in [5, 5.41) is 0. The fourth-order valence-corrected chi connectivity index (χ4v) is 1.88. The average molecular weight is 249 g/mol. The Bertz CT molecular complexity index is 477. The molecule has 1 aromatic rings. The number of aromatic nitrogens is 2. The van der Waals surface area contributed by atoms with Crippen LogP contribution >= 0.6 is 0 Å². The molecule has 18 heavy (non-hydrogen) atoms. The topological polar surface area (TPSA) is 72.4 Å². The number of esters is 1. The normalized spacial score (nSPS) is 15.7. The standard InChI is InChI=1S/C12H15N3O3/c1-8-7-10(14-11(13-8)12(17)18-2)15-5-3-9(16)4-6-15/h7H,3-6H2,1-2H3. The van der Waals surface area contributed by atoms with E-state index in [9.17, 15) is 9.59 Å². The van der Waals surface area contributed by atoms with Crippen molar-refractivity contribution in [1.29, 1.82) is 0 Å². The smallest absolute Gasteiger partial charge is 0.376 e. The summed E-state index contributed by atoms with van der Waals surface area (Å²) in [6.07, 6.45) is 1.05. The number of Topliss-reactive ketones (excluding diaryl/α,β-unsaturated/α-hetero) is 1. The molecular formula is C12H15N3O3. The van der Waals surface area contributed by atoms with Gasteiger partial charge in [-0.2, -0.15) is 0 Å². The molecule has 1 fully saturated rings. The Labute approximate surface area is 105 Å². The highest BCUT2D eigenvalue weighted by atomic mass is 16.5. The molecule has 1 aliphatic rings. The molecule has 1 aliphatic heterocycles. The number of ketones is 1. The number of aryl methyl sites for hydroxylation is 1. The van der Waals surface area contributed by atoms with Crippen molar-refractivity contribution in [2.24, 2.45) is 0 Å². The lowest BCUT2D eigenvalue weighted by Crippen LogP contribution is -2.34. The summed E-state index contributed by atoms with van der Waals surface area (Å²) in [6, 6.07) is 1.81. The first-order valence-electron chi connectivity index (χ1n) is 5.81. The summed E-state index contributed by atoms with van der Waals surface area (Å²) >= 11 is 0. The lowest BCUT2D eigenvalue weighted by molar-refractivity contribution is -0.119. The Morgan fingerprint density at radius 3 is 2.61 bits per heavy atom. The zero-order chi connectivity index (χ0) is 13.1. The van der Waals surface area contributed by atoms with Crippen LogP contribution < -0.4 is 4.90 Å². The predicted octanol–water partition coefficient (Wildman–Crippen LogP) is 0.741. The number of hydrogen-bond donors (Lipinski definition) is 0. The van der Waals surface area contributed by atoms with Crippen LogP contribution in [0.15, 0.2) is 6.07 Å². The van der Waals surface area contributed by atoms with E-state index in [2.05, 4.69) is 14.7 Å². The van der Waals surface area contributed by atoms with Crippen molar-refractivity contribution in [3.05, 3.63) is 17.6 Å². The number of methoxy groups -OCH3 is 1. The van der Waals surface area contributed by atoms with Crippen LogP contribution in [0.2, 0.25) is 0 Å². The van der Waals surface area contributed by atoms with Crippen LogP contribution in [0, 0.1) is 6.92 Å². The van der Waals surface area contributed by atoms with Gasteiger partial charge in [0.2, 0.25) is 5.82 Å². The molecule has 0 aliphatic carbocycles. The van der Waals surface area contributed by atoms with Crippen molar-refractivity contribution in [2.75, 3.05) is 25.1 Å². The van der Waals surface area contributed by atoms with Crippen LogP contribution in [0.4, 0.5) is 5.82 Å². The lowest BCUT2D eigenvalue weighted by Gasteiger charge is -2.27. The second-order valence-electron chi connectivity index (χ2n) is 4.21. The average Bonchev–Trinajstić information content (AvgIpc) is 2.38. The third-order valence-corrected chi connectivity index (χ3v) is 2.85. The molecule has 1 aromatic heterocycles. The summed E-state index contributed by atoms with van der Waals surface area (Å²) in [7, 11) is 1.30. The third-order valence-electron chi connectivity index (χ3n) is 2.85. The van der Waals surface area contributed by atoms with Crippen molar-refractivity contribution in [1.82, 2.24) is 9.97 Å². The Morgan fingerprint density at radius 2 is 2.00 bits per heavy atom. The number of ether oxygens (including phenoxy) is 1. The fourth-order valence-electron chi connectivity index (χ4n) is 1.88. The molecular weight excluding hydrogens is 234 g/mol. The number of hydrogen-bond acceptors (Lipinski definition) is 6. The van der Waals surface area contributed by atoms with E-state index in [0.717, 1.165) is 0 Å². The van der Waals surface area contributed by atoms with Gasteiger partial charge in [0.05, 0.1) is 7.11 Å². The number of carbonyl (C=O) groups excluding carboxylic acids is 2.